The van der Waals surface area contributed by atoms with Crippen molar-refractivity contribution < 1.29 is 10.2 Å². The fourth-order valence-electron chi connectivity index (χ4n) is 1.46. The van der Waals surface area contributed by atoms with Crippen LogP contribution in [0, 0.1) is 5.41 Å². The Morgan fingerprint density at radius 2 is 2.00 bits per heavy atom. The topological polar surface area (TPSA) is 106 Å². The molecule has 1 rings (SSSR count). The minimum atomic E-state index is -0.0571. The van der Waals surface area contributed by atoms with Crippen LogP contribution in [0.25, 0.3) is 0 Å². The van der Waals surface area contributed by atoms with Gasteiger partial charge in [0.2, 0.25) is 0 Å². The standard InChI is InChI=1S/C10H16N4O2/c11-10(12)8-1-2-13-7-9(8)14(3-5-15)4-6-16/h1-2,7,15-16H,3-6H2,(H3,11,12). The molecule has 0 radical (unpaired) electrons. The van der Waals surface area contributed by atoms with Crippen LogP contribution in [0.1, 0.15) is 5.56 Å². The third kappa shape index (κ3) is 2.91. The second kappa shape index (κ2) is 6.04. The summed E-state index contributed by atoms with van der Waals surface area (Å²) in [5.41, 5.74) is 6.65. The summed E-state index contributed by atoms with van der Waals surface area (Å²) in [7, 11) is 0. The van der Waals surface area contributed by atoms with Gasteiger partial charge in [-0.3, -0.25) is 10.4 Å². The van der Waals surface area contributed by atoms with Crippen molar-refractivity contribution >= 4 is 11.5 Å². The quantitative estimate of drug-likeness (QED) is 0.372. The molecule has 0 aromatic carbocycles. The molecule has 5 N–H and O–H groups in total. The molecule has 6 nitrogen and oxygen atoms in total. The molecular formula is C10H16N4O2. The van der Waals surface area contributed by atoms with Gasteiger partial charge in [0.15, 0.2) is 0 Å². The highest BCUT2D eigenvalue weighted by atomic mass is 16.3. The Balaban J connectivity index is 3.02. The van der Waals surface area contributed by atoms with Crippen molar-refractivity contribution in [3.05, 3.63) is 24.0 Å². The number of hydrogen-bond donors (Lipinski definition) is 4. The van der Waals surface area contributed by atoms with Crippen LogP contribution in [0.4, 0.5) is 5.69 Å². The number of nitrogens with two attached hydrogens (primary N) is 1. The molecule has 0 aliphatic carbocycles. The number of aliphatic hydroxyl groups excluding tert-OH is 2. The summed E-state index contributed by atoms with van der Waals surface area (Å²) in [4.78, 5) is 5.70. The van der Waals surface area contributed by atoms with Gasteiger partial charge in [-0.2, -0.15) is 0 Å². The van der Waals surface area contributed by atoms with E-state index in [1.54, 1.807) is 23.4 Å². The number of hydrogen-bond acceptors (Lipinski definition) is 5. The number of anilines is 1. The average Bonchev–Trinajstić information content (AvgIpc) is 2.29. The molecule has 0 unspecified atom stereocenters. The van der Waals surface area contributed by atoms with Gasteiger partial charge in [-0.05, 0) is 6.07 Å². The van der Waals surface area contributed by atoms with Crippen molar-refractivity contribution in [1.29, 1.82) is 5.41 Å². The summed E-state index contributed by atoms with van der Waals surface area (Å²) in [6.07, 6.45) is 3.12. The number of amidine groups is 1. The molecule has 1 heterocycles. The van der Waals surface area contributed by atoms with Crippen LogP contribution < -0.4 is 10.6 Å². The molecule has 0 spiro atoms. The average molecular weight is 224 g/mol. The zero-order valence-electron chi connectivity index (χ0n) is 8.93. The minimum Gasteiger partial charge on any atom is -0.395 e. The second-order valence-electron chi connectivity index (χ2n) is 3.24. The fourth-order valence-corrected chi connectivity index (χ4v) is 1.46. The Kier molecular flexibility index (Phi) is 4.68. The van der Waals surface area contributed by atoms with Gasteiger partial charge < -0.3 is 20.8 Å². The highest BCUT2D eigenvalue weighted by Crippen LogP contribution is 2.17. The molecule has 0 atom stereocenters. The van der Waals surface area contributed by atoms with Gasteiger partial charge >= 0.3 is 0 Å². The molecule has 0 saturated carbocycles. The number of aromatic nitrogens is 1. The molecule has 0 aliphatic heterocycles. The van der Waals surface area contributed by atoms with E-state index >= 15 is 0 Å². The van der Waals surface area contributed by atoms with Gasteiger partial charge in [0.05, 0.1) is 25.1 Å². The molecule has 6 heteroatoms. The van der Waals surface area contributed by atoms with Crippen LogP contribution in [0.2, 0.25) is 0 Å². The zero-order valence-corrected chi connectivity index (χ0v) is 8.93. The summed E-state index contributed by atoms with van der Waals surface area (Å²) in [6, 6.07) is 1.64. The summed E-state index contributed by atoms with van der Waals surface area (Å²) >= 11 is 0. The maximum atomic E-state index is 8.93. The predicted octanol–water partition coefficient (Wildman–Crippen LogP) is -0.843. The second-order valence-corrected chi connectivity index (χ2v) is 3.24. The van der Waals surface area contributed by atoms with E-state index in [1.165, 1.54) is 0 Å². The van der Waals surface area contributed by atoms with E-state index < -0.39 is 0 Å². The van der Waals surface area contributed by atoms with E-state index in [9.17, 15) is 0 Å². The van der Waals surface area contributed by atoms with E-state index in [-0.39, 0.29) is 19.0 Å². The Hall–Kier alpha value is -1.66. The summed E-state index contributed by atoms with van der Waals surface area (Å²) in [5.74, 6) is -0.0571. The van der Waals surface area contributed by atoms with Gasteiger partial charge in [0.25, 0.3) is 0 Å². The SMILES string of the molecule is N=C(N)c1ccncc1N(CCO)CCO. The lowest BCUT2D eigenvalue weighted by Crippen LogP contribution is -2.32. The third-order valence-electron chi connectivity index (χ3n) is 2.17. The first-order valence-corrected chi connectivity index (χ1v) is 4.95. The maximum absolute atomic E-state index is 8.93. The van der Waals surface area contributed by atoms with Crippen molar-refractivity contribution in [1.82, 2.24) is 4.98 Å². The van der Waals surface area contributed by atoms with Crippen LogP contribution in [0.5, 0.6) is 0 Å². The summed E-state index contributed by atoms with van der Waals surface area (Å²) in [6.45, 7) is 0.664. The Morgan fingerprint density at radius 3 is 2.50 bits per heavy atom. The molecule has 88 valence electrons. The largest absolute Gasteiger partial charge is 0.395 e. The van der Waals surface area contributed by atoms with Crippen molar-refractivity contribution in [2.45, 2.75) is 0 Å². The van der Waals surface area contributed by atoms with Crippen LogP contribution in [0.3, 0.4) is 0 Å². The van der Waals surface area contributed by atoms with Crippen molar-refractivity contribution in [3.63, 3.8) is 0 Å². The number of rotatable bonds is 6. The lowest BCUT2D eigenvalue weighted by Gasteiger charge is -2.24. The molecule has 0 amide bonds. The number of nitrogen functional groups attached to an aromatic ring is 1. The first-order valence-electron chi connectivity index (χ1n) is 4.95. The van der Waals surface area contributed by atoms with E-state index in [2.05, 4.69) is 4.98 Å². The van der Waals surface area contributed by atoms with Crippen LogP contribution in [0.15, 0.2) is 18.5 Å². The molecule has 0 aliphatic rings. The highest BCUT2D eigenvalue weighted by molar-refractivity contribution is 6.00. The van der Waals surface area contributed by atoms with Crippen molar-refractivity contribution in [2.24, 2.45) is 5.73 Å². The summed E-state index contributed by atoms with van der Waals surface area (Å²) < 4.78 is 0. The zero-order chi connectivity index (χ0) is 12.0. The lowest BCUT2D eigenvalue weighted by atomic mass is 10.2. The molecule has 1 aromatic heterocycles. The van der Waals surface area contributed by atoms with E-state index in [4.69, 9.17) is 21.4 Å². The van der Waals surface area contributed by atoms with Crippen molar-refractivity contribution in [3.8, 4) is 0 Å². The van der Waals surface area contributed by atoms with E-state index in [1.807, 2.05) is 0 Å². The normalized spacial score (nSPS) is 10.1. The van der Waals surface area contributed by atoms with Crippen molar-refractivity contribution in [2.75, 3.05) is 31.2 Å². The monoisotopic (exact) mass is 224 g/mol. The smallest absolute Gasteiger partial charge is 0.125 e. The van der Waals surface area contributed by atoms with Gasteiger partial charge in [-0.15, -0.1) is 0 Å². The minimum absolute atomic E-state index is 0.0355. The molecule has 0 fully saturated rings. The molecule has 0 saturated heterocycles. The van der Waals surface area contributed by atoms with E-state index in [0.29, 0.717) is 24.3 Å². The third-order valence-corrected chi connectivity index (χ3v) is 2.17. The maximum Gasteiger partial charge on any atom is 0.125 e. The van der Waals surface area contributed by atoms with Gasteiger partial charge in [-0.1, -0.05) is 0 Å². The fraction of sp³-hybridized carbons (Fsp3) is 0.400. The Labute approximate surface area is 93.8 Å². The molecule has 1 aromatic rings. The first kappa shape index (κ1) is 12.4. The van der Waals surface area contributed by atoms with E-state index in [0.717, 1.165) is 0 Å². The lowest BCUT2D eigenvalue weighted by molar-refractivity contribution is 0.281. The van der Waals surface area contributed by atoms with Gasteiger partial charge in [0, 0.05) is 24.8 Å². The van der Waals surface area contributed by atoms with Crippen LogP contribution in [-0.2, 0) is 0 Å². The summed E-state index contributed by atoms with van der Waals surface area (Å²) in [5, 5.41) is 25.3. The number of nitrogens with one attached hydrogen (secondary N) is 1. The van der Waals surface area contributed by atoms with Crippen LogP contribution in [-0.4, -0.2) is 47.3 Å². The number of aliphatic hydroxyl groups is 2. The highest BCUT2D eigenvalue weighted by Gasteiger charge is 2.12. The molecule has 0 bridgehead atoms. The molecular weight excluding hydrogens is 208 g/mol. The Morgan fingerprint density at radius 1 is 1.38 bits per heavy atom. The first-order chi connectivity index (χ1) is 7.70. The van der Waals surface area contributed by atoms with Gasteiger partial charge in [0.1, 0.15) is 5.84 Å². The predicted molar refractivity (Wildman–Crippen MR) is 61.6 cm³/mol. The number of nitrogens with zero attached hydrogens (tertiary/aromatic N) is 2. The van der Waals surface area contributed by atoms with Gasteiger partial charge in [-0.25, -0.2) is 0 Å². The number of pyridine rings is 1. The van der Waals surface area contributed by atoms with Crippen LogP contribution >= 0.6 is 0 Å². The Bertz CT molecular complexity index is 350. The molecule has 16 heavy (non-hydrogen) atoms.